The van der Waals surface area contributed by atoms with Gasteiger partial charge in [0.2, 0.25) is 5.91 Å². The summed E-state index contributed by atoms with van der Waals surface area (Å²) in [5.74, 6) is -1.88. The van der Waals surface area contributed by atoms with Gasteiger partial charge in [-0.1, -0.05) is 42.5 Å². The molecular weight excluding hydrogens is 557 g/mol. The molecule has 0 aliphatic carbocycles. The highest BCUT2D eigenvalue weighted by Gasteiger charge is 2.86. The second-order valence-electron chi connectivity index (χ2n) is 10.8. The number of nitrogens with zero attached hydrogens (tertiary/aromatic N) is 2. The van der Waals surface area contributed by atoms with Gasteiger partial charge in [0.1, 0.15) is 23.2 Å². The van der Waals surface area contributed by atoms with E-state index >= 15 is 26.3 Å². The molecule has 3 heterocycles. The zero-order valence-electron chi connectivity index (χ0n) is 22.1. The summed E-state index contributed by atoms with van der Waals surface area (Å²) >= 11 is 0. The molecule has 0 N–H and O–H groups in total. The summed E-state index contributed by atoms with van der Waals surface area (Å²) in [6.45, 7) is 1.44. The van der Waals surface area contributed by atoms with Crippen molar-refractivity contribution in [2.24, 2.45) is 0 Å². The molecule has 3 aliphatic heterocycles. The van der Waals surface area contributed by atoms with Gasteiger partial charge in [0.05, 0.1) is 6.04 Å². The van der Waals surface area contributed by atoms with Gasteiger partial charge < -0.3 is 9.64 Å². The zero-order chi connectivity index (χ0) is 29.8. The van der Waals surface area contributed by atoms with Crippen LogP contribution in [0, 0.1) is 5.82 Å². The van der Waals surface area contributed by atoms with Crippen LogP contribution in [0.4, 0.5) is 30.7 Å². The van der Waals surface area contributed by atoms with Gasteiger partial charge in [-0.3, -0.25) is 14.5 Å². The van der Waals surface area contributed by atoms with Crippen LogP contribution >= 0.6 is 0 Å². The van der Waals surface area contributed by atoms with Crippen molar-refractivity contribution in [1.29, 1.82) is 0 Å². The maximum Gasteiger partial charge on any atom is 0.410 e. The topological polar surface area (TPSA) is 49.9 Å². The first-order valence-electron chi connectivity index (χ1n) is 13.4. The standard InChI is InChI=1S/C29H29F7N2O3/c1-2-41-27(19-8-10-20(30)11-9-19)23-16-21(37-14-12-22(39)13-15-37)17-24(40)38(23)25(28(31,32)33)26(27,29(34,35)36)18-6-4-3-5-7-18/h3-11,21,23,25H,2,12-17H2,1H3. The Labute approximate surface area is 232 Å². The molecule has 5 atom stereocenters. The minimum Gasteiger partial charge on any atom is -0.367 e. The number of halogens is 7. The minimum atomic E-state index is -5.59. The predicted octanol–water partition coefficient (Wildman–Crippen LogP) is 5.53. The second-order valence-corrected chi connectivity index (χ2v) is 10.8. The highest BCUT2D eigenvalue weighted by Crippen LogP contribution is 2.68. The van der Waals surface area contributed by atoms with Crippen molar-refractivity contribution in [2.75, 3.05) is 19.7 Å². The number of ketones is 1. The van der Waals surface area contributed by atoms with E-state index < -0.39 is 71.8 Å². The van der Waals surface area contributed by atoms with Crippen LogP contribution in [0.5, 0.6) is 0 Å². The normalized spacial score (nSPS) is 31.4. The van der Waals surface area contributed by atoms with Crippen molar-refractivity contribution in [3.8, 4) is 0 Å². The van der Waals surface area contributed by atoms with E-state index in [9.17, 15) is 14.0 Å². The van der Waals surface area contributed by atoms with Crippen LogP contribution in [0.25, 0.3) is 0 Å². The number of alkyl halides is 6. The van der Waals surface area contributed by atoms with E-state index in [2.05, 4.69) is 0 Å². The van der Waals surface area contributed by atoms with Gasteiger partial charge in [0.25, 0.3) is 0 Å². The zero-order valence-corrected chi connectivity index (χ0v) is 22.1. The van der Waals surface area contributed by atoms with Crippen LogP contribution in [-0.4, -0.2) is 71.7 Å². The molecule has 2 aromatic carbocycles. The van der Waals surface area contributed by atoms with Gasteiger partial charge in [-0.2, -0.15) is 26.3 Å². The first-order chi connectivity index (χ1) is 19.3. The largest absolute Gasteiger partial charge is 0.410 e. The lowest BCUT2D eigenvalue weighted by Crippen LogP contribution is -2.66. The molecule has 2 aromatic rings. The van der Waals surface area contributed by atoms with E-state index in [1.165, 1.54) is 25.1 Å². The van der Waals surface area contributed by atoms with Crippen molar-refractivity contribution in [1.82, 2.24) is 9.80 Å². The van der Waals surface area contributed by atoms with Gasteiger partial charge in [-0.25, -0.2) is 4.39 Å². The highest BCUT2D eigenvalue weighted by molar-refractivity contribution is 5.81. The lowest BCUT2D eigenvalue weighted by Gasteiger charge is -2.51. The Bertz CT molecular complexity index is 1270. The van der Waals surface area contributed by atoms with Gasteiger partial charge in [0.15, 0.2) is 5.41 Å². The van der Waals surface area contributed by atoms with Crippen molar-refractivity contribution in [3.05, 3.63) is 71.5 Å². The molecule has 12 heteroatoms. The van der Waals surface area contributed by atoms with E-state index in [4.69, 9.17) is 4.74 Å². The number of piperidine rings is 2. The van der Waals surface area contributed by atoms with Crippen LogP contribution < -0.4 is 0 Å². The van der Waals surface area contributed by atoms with Gasteiger partial charge in [-0.05, 0) is 36.6 Å². The molecule has 3 saturated heterocycles. The summed E-state index contributed by atoms with van der Waals surface area (Å²) in [5.41, 5.74) is -7.63. The summed E-state index contributed by atoms with van der Waals surface area (Å²) in [4.78, 5) is 27.7. The number of carbonyl (C=O) groups is 2. The average Bonchev–Trinajstić information content (AvgIpc) is 3.19. The Hall–Kier alpha value is -2.99. The van der Waals surface area contributed by atoms with Gasteiger partial charge in [0, 0.05) is 45.0 Å². The SMILES string of the molecule is CCOC1(c2ccc(F)cc2)C2CC(N3CCC(=O)CC3)CC(=O)N2C(C(F)(F)F)C1(c1ccccc1)C(F)(F)F. The quantitative estimate of drug-likeness (QED) is 0.433. The maximum absolute atomic E-state index is 15.9. The molecule has 3 aliphatic rings. The molecule has 0 radical (unpaired) electrons. The van der Waals surface area contributed by atoms with Crippen molar-refractivity contribution >= 4 is 11.7 Å². The van der Waals surface area contributed by atoms with Crippen molar-refractivity contribution < 1.29 is 45.1 Å². The van der Waals surface area contributed by atoms with Gasteiger partial charge >= 0.3 is 12.4 Å². The predicted molar refractivity (Wildman–Crippen MR) is 133 cm³/mol. The molecule has 3 fully saturated rings. The van der Waals surface area contributed by atoms with Crippen molar-refractivity contribution in [2.45, 2.75) is 74.1 Å². The summed E-state index contributed by atoms with van der Waals surface area (Å²) in [5, 5.41) is 0. The molecule has 0 spiro atoms. The Morgan fingerprint density at radius 3 is 2.05 bits per heavy atom. The van der Waals surface area contributed by atoms with Crippen LogP contribution in [0.15, 0.2) is 54.6 Å². The first-order valence-corrected chi connectivity index (χ1v) is 13.4. The smallest absolute Gasteiger partial charge is 0.367 e. The number of rotatable bonds is 5. The highest BCUT2D eigenvalue weighted by atomic mass is 19.4. The fourth-order valence-corrected chi connectivity index (χ4v) is 7.36. The number of hydrogen-bond acceptors (Lipinski definition) is 4. The monoisotopic (exact) mass is 586 g/mol. The van der Waals surface area contributed by atoms with E-state index in [1.54, 1.807) is 4.90 Å². The second kappa shape index (κ2) is 10.4. The number of likely N-dealkylation sites (tertiary alicyclic amines) is 1. The lowest BCUT2D eigenvalue weighted by molar-refractivity contribution is -0.288. The third-order valence-corrected chi connectivity index (χ3v) is 8.78. The Morgan fingerprint density at radius 1 is 0.902 bits per heavy atom. The molecular formula is C29H29F7N2O3. The molecule has 0 saturated carbocycles. The van der Waals surface area contributed by atoms with Crippen LogP contribution in [0.3, 0.4) is 0 Å². The number of benzene rings is 2. The van der Waals surface area contributed by atoms with Crippen molar-refractivity contribution in [3.63, 3.8) is 0 Å². The maximum atomic E-state index is 15.9. The summed E-state index contributed by atoms with van der Waals surface area (Å²) in [6.07, 6.45) is -11.5. The molecule has 0 bridgehead atoms. The number of carbonyl (C=O) groups excluding carboxylic acids is 2. The lowest BCUT2D eigenvalue weighted by atomic mass is 9.59. The van der Waals surface area contributed by atoms with Gasteiger partial charge in [-0.15, -0.1) is 0 Å². The summed E-state index contributed by atoms with van der Waals surface area (Å²) in [6, 6.07) is 3.79. The fourth-order valence-electron chi connectivity index (χ4n) is 7.36. The summed E-state index contributed by atoms with van der Waals surface area (Å²) in [7, 11) is 0. The number of ether oxygens (including phenoxy) is 1. The third kappa shape index (κ3) is 4.45. The number of Topliss-reactive ketones (excluding diaryl/α,β-unsaturated/α-hetero) is 1. The fraction of sp³-hybridized carbons (Fsp3) is 0.517. The first kappa shape index (κ1) is 29.5. The minimum absolute atomic E-state index is 0.00171. The van der Waals surface area contributed by atoms with E-state index in [0.717, 1.165) is 36.4 Å². The number of hydrogen-bond donors (Lipinski definition) is 0. The van der Waals surface area contributed by atoms with E-state index in [1.807, 2.05) is 0 Å². The molecule has 1 amide bonds. The third-order valence-electron chi connectivity index (χ3n) is 8.78. The van der Waals surface area contributed by atoms with Crippen LogP contribution in [0.1, 0.15) is 43.7 Å². The Kier molecular flexibility index (Phi) is 7.47. The molecule has 222 valence electrons. The summed E-state index contributed by atoms with van der Waals surface area (Å²) < 4.78 is 113. The molecule has 5 rings (SSSR count). The molecule has 0 aromatic heterocycles. The molecule has 41 heavy (non-hydrogen) atoms. The van der Waals surface area contributed by atoms with E-state index in [0.29, 0.717) is 4.90 Å². The molecule has 5 unspecified atom stereocenters. The Balaban J connectivity index is 1.86. The van der Waals surface area contributed by atoms with Crippen LogP contribution in [0.2, 0.25) is 0 Å². The van der Waals surface area contributed by atoms with E-state index in [-0.39, 0.29) is 43.7 Å². The Morgan fingerprint density at radius 2 is 1.51 bits per heavy atom. The average molecular weight is 587 g/mol. The number of fused-ring (bicyclic) bond motifs is 1. The number of amides is 1. The van der Waals surface area contributed by atoms with Crippen LogP contribution in [-0.2, 0) is 25.3 Å². The molecule has 5 nitrogen and oxygen atoms in total.